The van der Waals surface area contributed by atoms with Crippen LogP contribution in [-0.4, -0.2) is 59.1 Å². The molecule has 31 heavy (non-hydrogen) atoms. The predicted molar refractivity (Wildman–Crippen MR) is 125 cm³/mol. The van der Waals surface area contributed by atoms with E-state index in [-0.39, 0.29) is 24.2 Å². The Morgan fingerprint density at radius 1 is 1.23 bits per heavy atom. The molecule has 0 unspecified atom stereocenters. The van der Waals surface area contributed by atoms with E-state index in [4.69, 9.17) is 14.3 Å². The number of hydrogen-bond donors (Lipinski definition) is 0. The van der Waals surface area contributed by atoms with E-state index >= 15 is 0 Å². The summed E-state index contributed by atoms with van der Waals surface area (Å²) in [5, 5.41) is 0.999. The maximum absolute atomic E-state index is 12.5. The molecule has 0 N–H and O–H groups in total. The van der Waals surface area contributed by atoms with Gasteiger partial charge >= 0.3 is 7.12 Å². The van der Waals surface area contributed by atoms with Gasteiger partial charge in [-0.3, -0.25) is 9.69 Å². The highest BCUT2D eigenvalue weighted by Crippen LogP contribution is 2.38. The minimum atomic E-state index is -0.388. The van der Waals surface area contributed by atoms with Crippen LogP contribution >= 0.6 is 11.3 Å². The van der Waals surface area contributed by atoms with Gasteiger partial charge in [0.15, 0.2) is 0 Å². The SMILES string of the molecule is CCN(C)CC(=O)N1Cc2nc(-c3cccc(B4OC(C)(C)C(C)(C)O4)c3C)sc2C1. The molecule has 0 atom stereocenters. The lowest BCUT2D eigenvalue weighted by Gasteiger charge is -2.32. The first-order valence-electron chi connectivity index (χ1n) is 10.9. The minimum Gasteiger partial charge on any atom is -0.399 e. The molecular formula is C23H32BN3O3S. The summed E-state index contributed by atoms with van der Waals surface area (Å²) >= 11 is 1.69. The summed E-state index contributed by atoms with van der Waals surface area (Å²) in [6.45, 7) is 15.0. The zero-order valence-corrected chi connectivity index (χ0v) is 20.4. The molecule has 4 rings (SSSR count). The van der Waals surface area contributed by atoms with Gasteiger partial charge in [0.2, 0.25) is 5.91 Å². The van der Waals surface area contributed by atoms with Crippen molar-refractivity contribution >= 4 is 29.8 Å². The molecule has 2 aromatic rings. The Morgan fingerprint density at radius 3 is 2.52 bits per heavy atom. The van der Waals surface area contributed by atoms with Crippen LogP contribution in [0.15, 0.2) is 18.2 Å². The fourth-order valence-corrected chi connectivity index (χ4v) is 5.05. The van der Waals surface area contributed by atoms with Crippen LogP contribution in [0.25, 0.3) is 10.6 Å². The standard InChI is InChI=1S/C23H32BN3O3S/c1-8-26(7)14-20(28)27-12-18-19(13-27)31-21(25-18)16-10-9-11-17(15(16)2)24-29-22(3,4)23(5,6)30-24/h9-11H,8,12-14H2,1-7H3. The van der Waals surface area contributed by atoms with Gasteiger partial charge in [-0.25, -0.2) is 4.98 Å². The minimum absolute atomic E-state index is 0.162. The number of fused-ring (bicyclic) bond motifs is 1. The van der Waals surface area contributed by atoms with E-state index < -0.39 is 0 Å². The molecule has 3 heterocycles. The highest BCUT2D eigenvalue weighted by Gasteiger charge is 2.52. The molecule has 1 aromatic carbocycles. The van der Waals surface area contributed by atoms with Gasteiger partial charge in [-0.1, -0.05) is 25.1 Å². The van der Waals surface area contributed by atoms with Gasteiger partial charge in [-0.15, -0.1) is 11.3 Å². The second-order valence-electron chi connectivity index (χ2n) is 9.58. The molecule has 0 aliphatic carbocycles. The van der Waals surface area contributed by atoms with Crippen molar-refractivity contribution < 1.29 is 14.1 Å². The highest BCUT2D eigenvalue weighted by molar-refractivity contribution is 7.15. The highest BCUT2D eigenvalue weighted by atomic mass is 32.1. The molecule has 2 aliphatic rings. The molecule has 0 saturated carbocycles. The maximum Gasteiger partial charge on any atom is 0.495 e. The molecule has 1 saturated heterocycles. The lowest BCUT2D eigenvalue weighted by atomic mass is 9.75. The Morgan fingerprint density at radius 2 is 1.90 bits per heavy atom. The molecule has 6 nitrogen and oxygen atoms in total. The van der Waals surface area contributed by atoms with Crippen molar-refractivity contribution in [2.24, 2.45) is 0 Å². The fraction of sp³-hybridized carbons (Fsp3) is 0.565. The van der Waals surface area contributed by atoms with Crippen LogP contribution in [0.5, 0.6) is 0 Å². The first-order valence-corrected chi connectivity index (χ1v) is 11.7. The van der Waals surface area contributed by atoms with Crippen molar-refractivity contribution in [2.45, 2.75) is 65.8 Å². The quantitative estimate of drug-likeness (QED) is 0.667. The number of thiazole rings is 1. The number of hydrogen-bond acceptors (Lipinski definition) is 6. The van der Waals surface area contributed by atoms with E-state index in [0.717, 1.165) is 33.8 Å². The molecule has 8 heteroatoms. The number of carbonyl (C=O) groups excluding carboxylic acids is 1. The number of nitrogens with zero attached hydrogens (tertiary/aromatic N) is 3. The van der Waals surface area contributed by atoms with Gasteiger partial charge in [-0.05, 0) is 59.2 Å². The van der Waals surface area contributed by atoms with E-state index in [2.05, 4.69) is 53.7 Å². The largest absolute Gasteiger partial charge is 0.495 e. The molecular weight excluding hydrogens is 409 g/mol. The Labute approximate surface area is 189 Å². The van der Waals surface area contributed by atoms with Crippen molar-refractivity contribution in [2.75, 3.05) is 20.1 Å². The zero-order valence-electron chi connectivity index (χ0n) is 19.6. The van der Waals surface area contributed by atoms with Gasteiger partial charge in [0, 0.05) is 10.4 Å². The molecule has 2 aliphatic heterocycles. The van der Waals surface area contributed by atoms with Crippen LogP contribution in [0.2, 0.25) is 0 Å². The lowest BCUT2D eigenvalue weighted by molar-refractivity contribution is -0.132. The summed E-state index contributed by atoms with van der Waals surface area (Å²) in [4.78, 5) is 22.5. The number of benzene rings is 1. The van der Waals surface area contributed by atoms with E-state index in [0.29, 0.717) is 19.6 Å². The topological polar surface area (TPSA) is 54.9 Å². The van der Waals surface area contributed by atoms with Gasteiger partial charge in [0.25, 0.3) is 0 Å². The number of rotatable bonds is 5. The molecule has 0 radical (unpaired) electrons. The van der Waals surface area contributed by atoms with Gasteiger partial charge in [-0.2, -0.15) is 0 Å². The summed E-state index contributed by atoms with van der Waals surface area (Å²) < 4.78 is 12.6. The number of amides is 1. The van der Waals surface area contributed by atoms with Crippen molar-refractivity contribution in [3.8, 4) is 10.6 Å². The van der Waals surface area contributed by atoms with Crippen molar-refractivity contribution in [1.29, 1.82) is 0 Å². The Kier molecular flexibility index (Phi) is 5.79. The third kappa shape index (κ3) is 4.06. The van der Waals surface area contributed by atoms with E-state index in [1.807, 2.05) is 22.9 Å². The molecule has 1 amide bonds. The average molecular weight is 441 g/mol. The second kappa shape index (κ2) is 7.99. The Bertz CT molecular complexity index is 964. The van der Waals surface area contributed by atoms with Crippen LogP contribution in [0.1, 0.15) is 50.8 Å². The van der Waals surface area contributed by atoms with Crippen LogP contribution in [0, 0.1) is 6.92 Å². The second-order valence-corrected chi connectivity index (χ2v) is 10.7. The monoisotopic (exact) mass is 441 g/mol. The number of carbonyl (C=O) groups is 1. The van der Waals surface area contributed by atoms with Crippen LogP contribution < -0.4 is 5.46 Å². The summed E-state index contributed by atoms with van der Waals surface area (Å²) in [5.74, 6) is 0.162. The summed E-state index contributed by atoms with van der Waals surface area (Å²) in [7, 11) is 1.58. The molecule has 1 aromatic heterocycles. The number of aromatic nitrogens is 1. The van der Waals surface area contributed by atoms with E-state index in [1.54, 1.807) is 11.3 Å². The summed E-state index contributed by atoms with van der Waals surface area (Å²) in [5.41, 5.74) is 3.56. The predicted octanol–water partition coefficient (Wildman–Crippen LogP) is 3.21. The fourth-order valence-electron chi connectivity index (χ4n) is 3.89. The van der Waals surface area contributed by atoms with Crippen molar-refractivity contribution in [3.05, 3.63) is 34.3 Å². The van der Waals surface area contributed by atoms with Gasteiger partial charge in [0.05, 0.1) is 36.5 Å². The van der Waals surface area contributed by atoms with Crippen molar-refractivity contribution in [1.82, 2.24) is 14.8 Å². The van der Waals surface area contributed by atoms with Gasteiger partial charge < -0.3 is 14.2 Å². The first-order chi connectivity index (χ1) is 14.5. The third-order valence-corrected chi connectivity index (χ3v) is 7.98. The number of likely N-dealkylation sites (N-methyl/N-ethyl adjacent to an activating group) is 1. The smallest absolute Gasteiger partial charge is 0.399 e. The molecule has 166 valence electrons. The first kappa shape index (κ1) is 22.5. The molecule has 0 bridgehead atoms. The van der Waals surface area contributed by atoms with E-state index in [9.17, 15) is 4.79 Å². The van der Waals surface area contributed by atoms with Crippen LogP contribution in [0.3, 0.4) is 0 Å². The molecule has 1 fully saturated rings. The van der Waals surface area contributed by atoms with E-state index in [1.165, 1.54) is 4.88 Å². The van der Waals surface area contributed by atoms with Crippen LogP contribution in [-0.2, 0) is 27.2 Å². The normalized spacial score (nSPS) is 19.4. The summed E-state index contributed by atoms with van der Waals surface area (Å²) in [6, 6.07) is 6.23. The average Bonchev–Trinajstić information content (AvgIpc) is 3.31. The molecule has 0 spiro atoms. The Hall–Kier alpha value is -1.74. The van der Waals surface area contributed by atoms with Crippen molar-refractivity contribution in [3.63, 3.8) is 0 Å². The lowest BCUT2D eigenvalue weighted by Crippen LogP contribution is -2.41. The van der Waals surface area contributed by atoms with Gasteiger partial charge in [0.1, 0.15) is 5.01 Å². The van der Waals surface area contributed by atoms with Crippen LogP contribution in [0.4, 0.5) is 0 Å². The third-order valence-electron chi connectivity index (χ3n) is 6.86. The summed E-state index contributed by atoms with van der Waals surface area (Å²) in [6.07, 6.45) is 0. The Balaban J connectivity index is 1.54. The maximum atomic E-state index is 12.5. The zero-order chi connectivity index (χ0) is 22.6.